The van der Waals surface area contributed by atoms with Crippen LogP contribution in [0.5, 0.6) is 5.75 Å². The SMILES string of the molecule is CC(C)c1ccccc1S(=O)(=O)Nc1ccc(C(F)(F)F)cc1OCCc1ccc(C(=O)O)cc1. The molecule has 186 valence electrons. The zero-order valence-electron chi connectivity index (χ0n) is 19.0. The first kappa shape index (κ1) is 26.1. The largest absolute Gasteiger partial charge is 0.491 e. The van der Waals surface area contributed by atoms with Crippen LogP contribution in [0, 0.1) is 0 Å². The van der Waals surface area contributed by atoms with Crippen LogP contribution in [0.2, 0.25) is 0 Å². The number of ether oxygens (including phenoxy) is 1. The Balaban J connectivity index is 1.87. The average molecular weight is 508 g/mol. The summed E-state index contributed by atoms with van der Waals surface area (Å²) < 4.78 is 74.0. The number of carbonyl (C=O) groups is 1. The number of aromatic carboxylic acids is 1. The van der Waals surface area contributed by atoms with Gasteiger partial charge >= 0.3 is 12.1 Å². The molecular weight excluding hydrogens is 483 g/mol. The van der Waals surface area contributed by atoms with E-state index in [0.717, 1.165) is 18.2 Å². The highest BCUT2D eigenvalue weighted by molar-refractivity contribution is 7.92. The van der Waals surface area contributed by atoms with Crippen molar-refractivity contribution >= 4 is 21.7 Å². The van der Waals surface area contributed by atoms with Gasteiger partial charge in [0.15, 0.2) is 0 Å². The van der Waals surface area contributed by atoms with E-state index in [1.165, 1.54) is 18.2 Å². The van der Waals surface area contributed by atoms with Gasteiger partial charge in [-0.15, -0.1) is 0 Å². The Bertz CT molecular complexity index is 1300. The van der Waals surface area contributed by atoms with E-state index in [0.29, 0.717) is 11.1 Å². The number of carboxylic acids is 1. The number of alkyl halides is 3. The van der Waals surface area contributed by atoms with Gasteiger partial charge in [-0.25, -0.2) is 13.2 Å². The van der Waals surface area contributed by atoms with Crippen LogP contribution >= 0.6 is 0 Å². The zero-order chi connectivity index (χ0) is 25.8. The lowest BCUT2D eigenvalue weighted by Crippen LogP contribution is -2.17. The fourth-order valence-corrected chi connectivity index (χ4v) is 4.84. The molecule has 3 rings (SSSR count). The number of hydrogen-bond donors (Lipinski definition) is 2. The van der Waals surface area contributed by atoms with Gasteiger partial charge in [-0.1, -0.05) is 44.2 Å². The molecule has 0 unspecified atom stereocenters. The topological polar surface area (TPSA) is 92.7 Å². The van der Waals surface area contributed by atoms with Crippen molar-refractivity contribution in [3.05, 3.63) is 89.0 Å². The van der Waals surface area contributed by atoms with Gasteiger partial charge in [0.1, 0.15) is 5.75 Å². The van der Waals surface area contributed by atoms with Crippen molar-refractivity contribution in [3.8, 4) is 5.75 Å². The highest BCUT2D eigenvalue weighted by Crippen LogP contribution is 2.36. The fourth-order valence-electron chi connectivity index (χ4n) is 3.40. The molecule has 3 aromatic rings. The first-order chi connectivity index (χ1) is 16.4. The molecule has 0 aliphatic rings. The number of halogens is 3. The summed E-state index contributed by atoms with van der Waals surface area (Å²) in [4.78, 5) is 11.0. The number of sulfonamides is 1. The third kappa shape index (κ3) is 6.54. The lowest BCUT2D eigenvalue weighted by atomic mass is 10.0. The fraction of sp³-hybridized carbons (Fsp3) is 0.240. The van der Waals surface area contributed by atoms with Crippen LogP contribution < -0.4 is 9.46 Å². The summed E-state index contributed by atoms with van der Waals surface area (Å²) in [6, 6.07) is 14.9. The molecule has 0 bridgehead atoms. The molecule has 0 spiro atoms. The van der Waals surface area contributed by atoms with Crippen LogP contribution in [0.15, 0.2) is 71.6 Å². The van der Waals surface area contributed by atoms with Crippen LogP contribution in [0.4, 0.5) is 18.9 Å². The van der Waals surface area contributed by atoms with Gasteiger partial charge in [0, 0.05) is 6.42 Å². The molecule has 0 aliphatic heterocycles. The van der Waals surface area contributed by atoms with Crippen LogP contribution in [0.3, 0.4) is 0 Å². The second-order valence-electron chi connectivity index (χ2n) is 8.11. The van der Waals surface area contributed by atoms with E-state index in [4.69, 9.17) is 9.84 Å². The van der Waals surface area contributed by atoms with E-state index in [2.05, 4.69) is 4.72 Å². The van der Waals surface area contributed by atoms with Crippen LogP contribution in [-0.4, -0.2) is 26.1 Å². The Morgan fingerprint density at radius 2 is 1.69 bits per heavy atom. The van der Waals surface area contributed by atoms with Gasteiger partial charge < -0.3 is 9.84 Å². The van der Waals surface area contributed by atoms with Crippen LogP contribution in [0.1, 0.15) is 46.8 Å². The van der Waals surface area contributed by atoms with Crippen molar-refractivity contribution in [1.82, 2.24) is 0 Å². The number of nitrogens with one attached hydrogen (secondary N) is 1. The van der Waals surface area contributed by atoms with Crippen LogP contribution in [0.25, 0.3) is 0 Å². The number of hydrogen-bond acceptors (Lipinski definition) is 4. The molecule has 6 nitrogen and oxygen atoms in total. The lowest BCUT2D eigenvalue weighted by molar-refractivity contribution is -0.137. The molecule has 0 saturated carbocycles. The first-order valence-corrected chi connectivity index (χ1v) is 12.1. The molecule has 0 aromatic heterocycles. The van der Waals surface area contributed by atoms with E-state index >= 15 is 0 Å². The van der Waals surface area contributed by atoms with Crippen molar-refractivity contribution in [2.24, 2.45) is 0 Å². The van der Waals surface area contributed by atoms with Gasteiger partial charge in [0.2, 0.25) is 0 Å². The Kier molecular flexibility index (Phi) is 7.74. The van der Waals surface area contributed by atoms with Crippen LogP contribution in [-0.2, 0) is 22.6 Å². The minimum Gasteiger partial charge on any atom is -0.491 e. The van der Waals surface area contributed by atoms with E-state index in [-0.39, 0.29) is 40.8 Å². The number of carboxylic acid groups (broad SMARTS) is 1. The summed E-state index contributed by atoms with van der Waals surface area (Å²) in [5.41, 5.74) is 0.265. The van der Waals surface area contributed by atoms with Crippen molar-refractivity contribution in [2.75, 3.05) is 11.3 Å². The Morgan fingerprint density at radius 3 is 2.29 bits per heavy atom. The summed E-state index contributed by atoms with van der Waals surface area (Å²) in [7, 11) is -4.12. The highest BCUT2D eigenvalue weighted by Gasteiger charge is 2.32. The summed E-state index contributed by atoms with van der Waals surface area (Å²) in [6.45, 7) is 3.61. The van der Waals surface area contributed by atoms with E-state index in [1.807, 2.05) is 13.8 Å². The number of anilines is 1. The summed E-state index contributed by atoms with van der Waals surface area (Å²) in [5.74, 6) is -1.45. The van der Waals surface area contributed by atoms with Gasteiger partial charge in [0.05, 0.1) is 28.3 Å². The predicted molar refractivity (Wildman–Crippen MR) is 125 cm³/mol. The van der Waals surface area contributed by atoms with E-state index in [9.17, 15) is 26.4 Å². The summed E-state index contributed by atoms with van der Waals surface area (Å²) in [5, 5.41) is 8.97. The molecule has 2 N–H and O–H groups in total. The molecular formula is C25H24F3NO5S. The molecule has 0 atom stereocenters. The quantitative estimate of drug-likeness (QED) is 0.373. The molecule has 0 radical (unpaired) electrons. The summed E-state index contributed by atoms with van der Waals surface area (Å²) in [6.07, 6.45) is -4.38. The third-order valence-electron chi connectivity index (χ3n) is 5.23. The maximum atomic E-state index is 13.3. The summed E-state index contributed by atoms with van der Waals surface area (Å²) >= 11 is 0. The molecule has 10 heteroatoms. The normalized spacial score (nSPS) is 11.9. The van der Waals surface area contributed by atoms with Crippen molar-refractivity contribution in [2.45, 2.75) is 37.3 Å². The zero-order valence-corrected chi connectivity index (χ0v) is 19.8. The standard InChI is InChI=1S/C25H24F3NO5S/c1-16(2)20-5-3-4-6-23(20)35(32,33)29-21-12-11-19(25(26,27)28)15-22(21)34-14-13-17-7-9-18(10-8-17)24(30)31/h3-12,15-16,29H,13-14H2,1-2H3,(H,30,31). The van der Waals surface area contributed by atoms with Crippen molar-refractivity contribution in [3.63, 3.8) is 0 Å². The molecule has 0 aliphatic carbocycles. The second-order valence-corrected chi connectivity index (χ2v) is 9.76. The van der Waals surface area contributed by atoms with Gasteiger partial charge in [-0.3, -0.25) is 4.72 Å². The Hall–Kier alpha value is -3.53. The maximum absolute atomic E-state index is 13.3. The van der Waals surface area contributed by atoms with Crippen molar-refractivity contribution < 1.29 is 36.2 Å². The monoisotopic (exact) mass is 507 g/mol. The molecule has 35 heavy (non-hydrogen) atoms. The average Bonchev–Trinajstić information content (AvgIpc) is 2.79. The smallest absolute Gasteiger partial charge is 0.416 e. The van der Waals surface area contributed by atoms with Gasteiger partial charge in [0.25, 0.3) is 10.0 Å². The van der Waals surface area contributed by atoms with Crippen molar-refractivity contribution in [1.29, 1.82) is 0 Å². The van der Waals surface area contributed by atoms with E-state index < -0.39 is 27.7 Å². The molecule has 0 amide bonds. The molecule has 0 fully saturated rings. The predicted octanol–water partition coefficient (Wildman–Crippen LogP) is 5.95. The Labute approximate surface area is 201 Å². The van der Waals surface area contributed by atoms with Gasteiger partial charge in [-0.05, 0) is 53.4 Å². The Morgan fingerprint density at radius 1 is 1.03 bits per heavy atom. The minimum absolute atomic E-state index is 0.0272. The minimum atomic E-state index is -4.65. The lowest BCUT2D eigenvalue weighted by Gasteiger charge is -2.18. The molecule has 3 aromatic carbocycles. The van der Waals surface area contributed by atoms with E-state index in [1.54, 1.807) is 30.3 Å². The second kappa shape index (κ2) is 10.4. The first-order valence-electron chi connectivity index (χ1n) is 10.7. The third-order valence-corrected chi connectivity index (χ3v) is 6.67. The highest BCUT2D eigenvalue weighted by atomic mass is 32.2. The molecule has 0 saturated heterocycles. The number of benzene rings is 3. The maximum Gasteiger partial charge on any atom is 0.416 e. The molecule has 0 heterocycles. The number of rotatable bonds is 9. The van der Waals surface area contributed by atoms with Gasteiger partial charge in [-0.2, -0.15) is 13.2 Å².